The summed E-state index contributed by atoms with van der Waals surface area (Å²) in [5, 5.41) is 20.5. The largest absolute Gasteiger partial charge is 0.493 e. The Hall–Kier alpha value is -2.79. The molecule has 0 aromatic heterocycles. The van der Waals surface area contributed by atoms with E-state index in [1.165, 1.54) is 0 Å². The zero-order chi connectivity index (χ0) is 23.3. The number of nitrogens with zero attached hydrogens (tertiary/aromatic N) is 3. The number of halogens is 1. The van der Waals surface area contributed by atoms with E-state index in [-0.39, 0.29) is 5.91 Å². The van der Waals surface area contributed by atoms with Crippen molar-refractivity contribution in [2.24, 2.45) is 0 Å². The van der Waals surface area contributed by atoms with E-state index in [0.717, 1.165) is 5.69 Å². The average molecular weight is 470 g/mol. The topological polar surface area (TPSA) is 86.0 Å². The van der Waals surface area contributed by atoms with Crippen LogP contribution in [0.4, 0.5) is 5.69 Å². The van der Waals surface area contributed by atoms with Gasteiger partial charge in [0.2, 0.25) is 0 Å². The van der Waals surface area contributed by atoms with Crippen LogP contribution in [0.25, 0.3) is 0 Å². The number of amides is 1. The molecule has 2 heterocycles. The number of nitriles is 1. The standard InChI is InChI=1S/C25H28ClN3O4/c26-23-17-21(4-1-20(23)18-27)28-10-7-25(31,8-11-28)9-14-33-22-5-2-19(3-6-22)24(30)29-12-15-32-16-13-29/h1-6,17,31H,7-16H2. The lowest BCUT2D eigenvalue weighted by Gasteiger charge is -2.39. The first-order valence-corrected chi connectivity index (χ1v) is 11.6. The molecule has 2 aliphatic heterocycles. The molecule has 33 heavy (non-hydrogen) atoms. The van der Waals surface area contributed by atoms with Crippen LogP contribution in [0, 0.1) is 11.3 Å². The lowest BCUT2D eigenvalue weighted by Crippen LogP contribution is -2.45. The Labute approximate surface area is 199 Å². The van der Waals surface area contributed by atoms with Gasteiger partial charge in [0.1, 0.15) is 11.8 Å². The van der Waals surface area contributed by atoms with Gasteiger partial charge in [-0.3, -0.25) is 4.79 Å². The molecule has 2 aromatic rings. The van der Waals surface area contributed by atoms with E-state index >= 15 is 0 Å². The predicted octanol–water partition coefficient (Wildman–Crippen LogP) is 3.48. The van der Waals surface area contributed by atoms with Crippen LogP contribution >= 0.6 is 11.6 Å². The van der Waals surface area contributed by atoms with Crippen LogP contribution in [0.2, 0.25) is 5.02 Å². The van der Waals surface area contributed by atoms with Gasteiger partial charge < -0.3 is 24.4 Å². The van der Waals surface area contributed by atoms with Crippen molar-refractivity contribution in [1.29, 1.82) is 5.26 Å². The molecule has 174 valence electrons. The Balaban J connectivity index is 1.24. The molecule has 0 aliphatic carbocycles. The van der Waals surface area contributed by atoms with Crippen LogP contribution in [0.5, 0.6) is 5.75 Å². The third-order valence-corrected chi connectivity index (χ3v) is 6.68. The van der Waals surface area contributed by atoms with E-state index in [2.05, 4.69) is 11.0 Å². The quantitative estimate of drug-likeness (QED) is 0.697. The van der Waals surface area contributed by atoms with Crippen molar-refractivity contribution in [3.05, 3.63) is 58.6 Å². The summed E-state index contributed by atoms with van der Waals surface area (Å²) < 4.78 is 11.1. The molecule has 0 radical (unpaired) electrons. The second-order valence-electron chi connectivity index (χ2n) is 8.51. The molecule has 2 aromatic carbocycles. The molecule has 0 saturated carbocycles. The van der Waals surface area contributed by atoms with Gasteiger partial charge in [0, 0.05) is 43.9 Å². The van der Waals surface area contributed by atoms with E-state index in [1.54, 1.807) is 41.3 Å². The van der Waals surface area contributed by atoms with Crippen LogP contribution in [0.15, 0.2) is 42.5 Å². The number of aliphatic hydroxyl groups is 1. The molecule has 0 bridgehead atoms. The number of piperidine rings is 1. The van der Waals surface area contributed by atoms with E-state index in [9.17, 15) is 9.90 Å². The van der Waals surface area contributed by atoms with E-state index < -0.39 is 5.60 Å². The van der Waals surface area contributed by atoms with E-state index in [1.807, 2.05) is 6.07 Å². The highest BCUT2D eigenvalue weighted by atomic mass is 35.5. The summed E-state index contributed by atoms with van der Waals surface area (Å²) in [6.07, 6.45) is 1.78. The number of benzene rings is 2. The number of carbonyl (C=O) groups excluding carboxylic acids is 1. The Morgan fingerprint density at radius 3 is 2.45 bits per heavy atom. The fraction of sp³-hybridized carbons (Fsp3) is 0.440. The molecular formula is C25H28ClN3O4. The Morgan fingerprint density at radius 1 is 1.12 bits per heavy atom. The molecule has 0 unspecified atom stereocenters. The molecule has 0 spiro atoms. The molecule has 0 atom stereocenters. The molecule has 2 fully saturated rings. The number of anilines is 1. The van der Waals surface area contributed by atoms with Gasteiger partial charge >= 0.3 is 0 Å². The highest BCUT2D eigenvalue weighted by molar-refractivity contribution is 6.32. The van der Waals surface area contributed by atoms with Gasteiger partial charge in [-0.2, -0.15) is 5.26 Å². The Morgan fingerprint density at radius 2 is 1.82 bits per heavy atom. The fourth-order valence-corrected chi connectivity index (χ4v) is 4.44. The zero-order valence-corrected chi connectivity index (χ0v) is 19.3. The van der Waals surface area contributed by atoms with Gasteiger partial charge in [-0.25, -0.2) is 0 Å². The van der Waals surface area contributed by atoms with Crippen molar-refractivity contribution >= 4 is 23.2 Å². The molecule has 2 aliphatic rings. The minimum absolute atomic E-state index is 0.00877. The van der Waals surface area contributed by atoms with E-state index in [4.69, 9.17) is 26.3 Å². The van der Waals surface area contributed by atoms with Crippen LogP contribution in [-0.2, 0) is 4.74 Å². The third-order valence-electron chi connectivity index (χ3n) is 6.37. The highest BCUT2D eigenvalue weighted by Crippen LogP contribution is 2.31. The maximum absolute atomic E-state index is 12.5. The minimum atomic E-state index is -0.779. The monoisotopic (exact) mass is 469 g/mol. The van der Waals surface area contributed by atoms with Crippen molar-refractivity contribution in [3.8, 4) is 11.8 Å². The maximum Gasteiger partial charge on any atom is 0.254 e. The first-order valence-electron chi connectivity index (χ1n) is 11.2. The molecule has 2 saturated heterocycles. The lowest BCUT2D eigenvalue weighted by molar-refractivity contribution is -0.00267. The van der Waals surface area contributed by atoms with Gasteiger partial charge in [-0.05, 0) is 55.3 Å². The smallest absolute Gasteiger partial charge is 0.254 e. The summed E-state index contributed by atoms with van der Waals surface area (Å²) in [4.78, 5) is 16.5. The van der Waals surface area contributed by atoms with Gasteiger partial charge in [-0.15, -0.1) is 0 Å². The van der Waals surface area contributed by atoms with Crippen LogP contribution in [-0.4, -0.2) is 67.5 Å². The van der Waals surface area contributed by atoms with Crippen molar-refractivity contribution in [2.45, 2.75) is 24.9 Å². The lowest BCUT2D eigenvalue weighted by atomic mass is 9.88. The number of ether oxygens (including phenoxy) is 2. The Kier molecular flexibility index (Phi) is 7.39. The summed E-state index contributed by atoms with van der Waals surface area (Å²) in [7, 11) is 0. The second kappa shape index (κ2) is 10.4. The molecular weight excluding hydrogens is 442 g/mol. The van der Waals surface area contributed by atoms with Crippen molar-refractivity contribution in [1.82, 2.24) is 4.90 Å². The number of hydrogen-bond acceptors (Lipinski definition) is 6. The van der Waals surface area contributed by atoms with Gasteiger partial charge in [0.05, 0.1) is 36.0 Å². The molecule has 7 nitrogen and oxygen atoms in total. The van der Waals surface area contributed by atoms with Gasteiger partial charge in [-0.1, -0.05) is 11.6 Å². The minimum Gasteiger partial charge on any atom is -0.493 e. The summed E-state index contributed by atoms with van der Waals surface area (Å²) in [5.41, 5.74) is 1.28. The molecule has 8 heteroatoms. The number of hydrogen-bond donors (Lipinski definition) is 1. The number of morpholine rings is 1. The summed E-state index contributed by atoms with van der Waals surface area (Å²) in [5.74, 6) is 0.691. The SMILES string of the molecule is N#Cc1ccc(N2CCC(O)(CCOc3ccc(C(=O)N4CCOCC4)cc3)CC2)cc1Cl. The fourth-order valence-electron chi connectivity index (χ4n) is 4.22. The summed E-state index contributed by atoms with van der Waals surface area (Å²) in [6, 6.07) is 14.7. The number of carbonyl (C=O) groups is 1. The highest BCUT2D eigenvalue weighted by Gasteiger charge is 2.32. The third kappa shape index (κ3) is 5.77. The van der Waals surface area contributed by atoms with Crippen LogP contribution < -0.4 is 9.64 Å². The summed E-state index contributed by atoms with van der Waals surface area (Å²) >= 11 is 6.16. The average Bonchev–Trinajstić information content (AvgIpc) is 2.85. The molecule has 1 N–H and O–H groups in total. The van der Waals surface area contributed by atoms with Gasteiger partial charge in [0.25, 0.3) is 5.91 Å². The van der Waals surface area contributed by atoms with Gasteiger partial charge in [0.15, 0.2) is 0 Å². The van der Waals surface area contributed by atoms with Crippen molar-refractivity contribution in [2.75, 3.05) is 50.9 Å². The normalized spacial score (nSPS) is 18.0. The molecule has 1 amide bonds. The summed E-state index contributed by atoms with van der Waals surface area (Å²) in [6.45, 7) is 4.20. The zero-order valence-electron chi connectivity index (χ0n) is 18.5. The second-order valence-corrected chi connectivity index (χ2v) is 8.92. The number of rotatable bonds is 6. The first kappa shape index (κ1) is 23.4. The van der Waals surface area contributed by atoms with Crippen LogP contribution in [0.3, 0.4) is 0 Å². The first-order chi connectivity index (χ1) is 16.0. The molecule has 4 rings (SSSR count). The van der Waals surface area contributed by atoms with Crippen LogP contribution in [0.1, 0.15) is 35.2 Å². The predicted molar refractivity (Wildman–Crippen MR) is 126 cm³/mol. The van der Waals surface area contributed by atoms with Crippen molar-refractivity contribution < 1.29 is 19.4 Å². The van der Waals surface area contributed by atoms with Crippen molar-refractivity contribution in [3.63, 3.8) is 0 Å². The Bertz CT molecular complexity index is 1010. The maximum atomic E-state index is 12.5. The van der Waals surface area contributed by atoms with E-state index in [0.29, 0.717) is 87.2 Å².